The van der Waals surface area contributed by atoms with Crippen LogP contribution in [0.25, 0.3) is 5.52 Å². The Balaban J connectivity index is 1.37. The number of nitrogen functional groups attached to an aromatic ring is 1. The van der Waals surface area contributed by atoms with Gasteiger partial charge in [0.2, 0.25) is 0 Å². The summed E-state index contributed by atoms with van der Waals surface area (Å²) >= 11 is 0. The number of carbonyl (C=O) groups is 1. The number of para-hydroxylation sites is 1. The van der Waals surface area contributed by atoms with Crippen LogP contribution in [-0.4, -0.2) is 67.8 Å². The molecule has 2 aromatic carbocycles. The Morgan fingerprint density at radius 1 is 1.07 bits per heavy atom. The molecule has 1 unspecified atom stereocenters. The van der Waals surface area contributed by atoms with Crippen LogP contribution in [0.5, 0.6) is 5.75 Å². The number of aliphatic hydroxyl groups is 2. The Kier molecular flexibility index (Phi) is 9.40. The average Bonchev–Trinajstić information content (AvgIpc) is 3.53. The largest absolute Gasteiger partial charge is 0.462 e. The minimum absolute atomic E-state index is 0.132. The summed E-state index contributed by atoms with van der Waals surface area (Å²) in [5, 5.41) is 28.6. The molecule has 3 heterocycles. The highest BCUT2D eigenvalue weighted by Gasteiger charge is 2.46. The summed E-state index contributed by atoms with van der Waals surface area (Å²) in [6, 6.07) is 19.7. The van der Waals surface area contributed by atoms with Crippen LogP contribution < -0.4 is 15.3 Å². The maximum Gasteiger partial charge on any atom is 0.459 e. The molecular formula is C29H34N5O8P. The van der Waals surface area contributed by atoms with Crippen molar-refractivity contribution < 1.29 is 38.1 Å². The number of aliphatic hydroxyl groups excluding tert-OH is 2. The van der Waals surface area contributed by atoms with Crippen LogP contribution in [0.3, 0.4) is 0 Å². The van der Waals surface area contributed by atoms with Crippen molar-refractivity contribution in [1.82, 2.24) is 19.7 Å². The van der Waals surface area contributed by atoms with Gasteiger partial charge >= 0.3 is 13.7 Å². The first-order chi connectivity index (χ1) is 20.6. The predicted molar refractivity (Wildman–Crippen MR) is 156 cm³/mol. The molecule has 0 spiro atoms. The molecule has 1 fully saturated rings. The Hall–Kier alpha value is -3.84. The maximum atomic E-state index is 14.2. The van der Waals surface area contributed by atoms with Gasteiger partial charge in [-0.25, -0.2) is 14.1 Å². The van der Waals surface area contributed by atoms with E-state index in [4.69, 9.17) is 24.3 Å². The predicted octanol–water partition coefficient (Wildman–Crippen LogP) is 2.83. The third kappa shape index (κ3) is 7.21. The molecule has 1 saturated heterocycles. The summed E-state index contributed by atoms with van der Waals surface area (Å²) < 4.78 is 38.7. The molecule has 5 rings (SSSR count). The van der Waals surface area contributed by atoms with Crippen LogP contribution in [0.4, 0.5) is 5.82 Å². The molecule has 13 nitrogen and oxygen atoms in total. The lowest BCUT2D eigenvalue weighted by Gasteiger charge is -2.26. The van der Waals surface area contributed by atoms with E-state index < -0.39 is 56.9 Å². The van der Waals surface area contributed by atoms with Gasteiger partial charge in [-0.1, -0.05) is 48.5 Å². The number of benzene rings is 2. The molecule has 6 atom stereocenters. The van der Waals surface area contributed by atoms with E-state index >= 15 is 0 Å². The number of nitrogens with zero attached hydrogens (tertiary/aromatic N) is 3. The summed E-state index contributed by atoms with van der Waals surface area (Å²) in [5.41, 5.74) is 7.65. The number of nitrogens with one attached hydrogen (secondary N) is 1. The van der Waals surface area contributed by atoms with Crippen molar-refractivity contribution >= 4 is 25.1 Å². The fraction of sp³-hybridized carbons (Fsp3) is 0.345. The quantitative estimate of drug-likeness (QED) is 0.136. The van der Waals surface area contributed by atoms with Gasteiger partial charge in [-0.3, -0.25) is 9.32 Å². The SMILES string of the molecule is CC(C)OC(=O)[C@H](Cc1ccccc1)NP(=O)(OC[C@H]1O[C@@H](c2ccc3c(N)ncnn23)[C@H](O)[C@@H]1O)Oc1ccccc1. The van der Waals surface area contributed by atoms with Crippen LogP contribution in [0.2, 0.25) is 0 Å². The monoisotopic (exact) mass is 611 g/mol. The third-order valence-corrected chi connectivity index (χ3v) is 8.34. The van der Waals surface area contributed by atoms with Crippen LogP contribution in [-0.2, 0) is 29.8 Å². The summed E-state index contributed by atoms with van der Waals surface area (Å²) in [7, 11) is -4.32. The van der Waals surface area contributed by atoms with Crippen molar-refractivity contribution in [2.75, 3.05) is 12.3 Å². The standard InChI is InChI=1S/C29H34N5O8P/c1-18(2)40-29(37)21(15-19-9-5-3-6-10-19)33-43(38,42-20-11-7-4-8-12-20)39-16-24-25(35)26(36)27(41-24)22-13-14-23-28(30)31-17-32-34(22)23/h3-14,17-18,21,24-27,35-36H,15-16H2,1-2H3,(H,33,38)(H2,30,31,32)/t21-,24+,25+,26+,27-,43?/m0/s1. The van der Waals surface area contributed by atoms with E-state index in [0.717, 1.165) is 5.56 Å². The second-order valence-electron chi connectivity index (χ2n) is 10.3. The molecule has 43 heavy (non-hydrogen) atoms. The van der Waals surface area contributed by atoms with Gasteiger partial charge < -0.3 is 29.9 Å². The summed E-state index contributed by atoms with van der Waals surface area (Å²) in [6.07, 6.45) is -3.92. The minimum atomic E-state index is -4.32. The van der Waals surface area contributed by atoms with Crippen molar-refractivity contribution in [3.63, 3.8) is 0 Å². The highest BCUT2D eigenvalue weighted by Crippen LogP contribution is 2.46. The van der Waals surface area contributed by atoms with Crippen LogP contribution in [0.1, 0.15) is 31.2 Å². The Morgan fingerprint density at radius 2 is 1.77 bits per heavy atom. The molecule has 0 aliphatic carbocycles. The fourth-order valence-corrected chi connectivity index (χ4v) is 6.24. The number of carbonyl (C=O) groups excluding carboxylic acids is 1. The molecule has 1 aliphatic rings. The lowest BCUT2D eigenvalue weighted by molar-refractivity contribution is -0.149. The zero-order valence-corrected chi connectivity index (χ0v) is 24.5. The van der Waals surface area contributed by atoms with E-state index in [9.17, 15) is 19.6 Å². The molecule has 228 valence electrons. The maximum absolute atomic E-state index is 14.2. The van der Waals surface area contributed by atoms with Crippen LogP contribution in [0.15, 0.2) is 79.1 Å². The number of aromatic nitrogens is 3. The fourth-order valence-electron chi connectivity index (χ4n) is 4.74. The smallest absolute Gasteiger partial charge is 0.459 e. The number of hydrogen-bond donors (Lipinski definition) is 4. The number of ether oxygens (including phenoxy) is 2. The highest BCUT2D eigenvalue weighted by molar-refractivity contribution is 7.52. The van der Waals surface area contributed by atoms with Crippen molar-refractivity contribution in [2.45, 2.75) is 56.8 Å². The van der Waals surface area contributed by atoms with E-state index in [1.807, 2.05) is 30.3 Å². The van der Waals surface area contributed by atoms with Crippen molar-refractivity contribution in [2.24, 2.45) is 0 Å². The first kappa shape index (κ1) is 30.6. The second kappa shape index (κ2) is 13.2. The number of esters is 1. The van der Waals surface area contributed by atoms with E-state index in [2.05, 4.69) is 15.2 Å². The van der Waals surface area contributed by atoms with Gasteiger partial charge in [0.15, 0.2) is 5.82 Å². The van der Waals surface area contributed by atoms with E-state index in [-0.39, 0.29) is 18.0 Å². The lowest BCUT2D eigenvalue weighted by atomic mass is 10.1. The zero-order valence-electron chi connectivity index (χ0n) is 23.6. The number of hydrogen-bond acceptors (Lipinski definition) is 11. The van der Waals surface area contributed by atoms with Crippen LogP contribution >= 0.6 is 7.75 Å². The van der Waals surface area contributed by atoms with Crippen molar-refractivity contribution in [1.29, 1.82) is 0 Å². The minimum Gasteiger partial charge on any atom is -0.462 e. The van der Waals surface area contributed by atoms with Gasteiger partial charge in [0, 0.05) is 0 Å². The Morgan fingerprint density at radius 3 is 2.47 bits per heavy atom. The van der Waals surface area contributed by atoms with E-state index in [0.29, 0.717) is 11.2 Å². The molecule has 0 saturated carbocycles. The lowest BCUT2D eigenvalue weighted by Crippen LogP contribution is -2.41. The van der Waals surface area contributed by atoms with Crippen LogP contribution in [0, 0.1) is 0 Å². The first-order valence-electron chi connectivity index (χ1n) is 13.7. The molecule has 4 aromatic rings. The van der Waals surface area contributed by atoms with Crippen molar-refractivity contribution in [3.8, 4) is 5.75 Å². The number of anilines is 1. The third-order valence-electron chi connectivity index (χ3n) is 6.78. The molecule has 14 heteroatoms. The van der Waals surface area contributed by atoms with Gasteiger partial charge in [0.25, 0.3) is 0 Å². The normalized spacial score (nSPS) is 22.3. The van der Waals surface area contributed by atoms with Gasteiger partial charge in [0.05, 0.1) is 18.4 Å². The van der Waals surface area contributed by atoms with Crippen molar-refractivity contribution in [3.05, 3.63) is 90.4 Å². The van der Waals surface area contributed by atoms with Gasteiger partial charge in [-0.2, -0.15) is 10.2 Å². The topological polar surface area (TPSA) is 180 Å². The first-order valence-corrected chi connectivity index (χ1v) is 15.3. The second-order valence-corrected chi connectivity index (χ2v) is 12.0. The van der Waals surface area contributed by atoms with E-state index in [1.165, 1.54) is 10.8 Å². The summed E-state index contributed by atoms with van der Waals surface area (Å²) in [6.45, 7) is 2.97. The number of rotatable bonds is 12. The number of fused-ring (bicyclic) bond motifs is 1. The summed E-state index contributed by atoms with van der Waals surface area (Å²) in [5.74, 6) is -0.189. The van der Waals surface area contributed by atoms with Gasteiger partial charge in [0.1, 0.15) is 48.1 Å². The summed E-state index contributed by atoms with van der Waals surface area (Å²) in [4.78, 5) is 17.1. The highest BCUT2D eigenvalue weighted by atomic mass is 31.2. The molecule has 0 bridgehead atoms. The molecule has 0 amide bonds. The molecular weight excluding hydrogens is 577 g/mol. The zero-order chi connectivity index (χ0) is 30.6. The van der Waals surface area contributed by atoms with E-state index in [1.54, 1.807) is 56.3 Å². The molecule has 1 aliphatic heterocycles. The number of nitrogens with two attached hydrogens (primary N) is 1. The molecule has 0 radical (unpaired) electrons. The Labute approximate surface area is 248 Å². The van der Waals surface area contributed by atoms with Gasteiger partial charge in [-0.15, -0.1) is 0 Å². The Bertz CT molecular complexity index is 1570. The average molecular weight is 612 g/mol. The molecule has 2 aromatic heterocycles. The van der Waals surface area contributed by atoms with Gasteiger partial charge in [-0.05, 0) is 50.1 Å². The molecule has 5 N–H and O–H groups in total.